The van der Waals surface area contributed by atoms with Gasteiger partial charge in [-0.2, -0.15) is 4.98 Å². The van der Waals surface area contributed by atoms with Crippen LogP contribution < -0.4 is 16.3 Å². The monoisotopic (exact) mass is 494 g/mol. The Morgan fingerprint density at radius 2 is 2.00 bits per heavy atom. The summed E-state index contributed by atoms with van der Waals surface area (Å²) in [7, 11) is 1.69. The van der Waals surface area contributed by atoms with Gasteiger partial charge in [0.2, 0.25) is 5.91 Å². The van der Waals surface area contributed by atoms with Gasteiger partial charge in [0, 0.05) is 43.5 Å². The Balaban J connectivity index is 1.90. The molecule has 0 unspecified atom stereocenters. The van der Waals surface area contributed by atoms with Gasteiger partial charge in [0.1, 0.15) is 24.3 Å². The van der Waals surface area contributed by atoms with Gasteiger partial charge in [-0.05, 0) is 40.3 Å². The van der Waals surface area contributed by atoms with Gasteiger partial charge in [-0.3, -0.25) is 14.2 Å². The molecule has 0 radical (unpaired) electrons. The number of nitrogens with one attached hydrogen (secondary N) is 3. The summed E-state index contributed by atoms with van der Waals surface area (Å²) in [5, 5.41) is 15.2. The number of rotatable bonds is 13. The van der Waals surface area contributed by atoms with Gasteiger partial charge < -0.3 is 35.1 Å². The summed E-state index contributed by atoms with van der Waals surface area (Å²) in [6.45, 7) is 6.26. The molecule has 0 atom stereocenters. The normalized spacial score (nSPS) is 11.4. The zero-order chi connectivity index (χ0) is 26.0. The predicted molar refractivity (Wildman–Crippen MR) is 127 cm³/mol. The maximum absolute atomic E-state index is 12.6. The van der Waals surface area contributed by atoms with Crippen LogP contribution in [0.1, 0.15) is 32.9 Å². The second kappa shape index (κ2) is 12.9. The standard InChI is InChI=1S/C22H34N6O7/c1-22(2,3)35-21(33)24-6-5-9-34-14-16-10-15-11-28(20(32)26-19(15)25-16)12-17(29)27(8-7-23-4)13-18(30)31/h10-11,23H,5-9,12-14H2,1-4H3,(H,24,33)(H,30,31)(H,25,26,32). The van der Waals surface area contributed by atoms with E-state index in [1.165, 1.54) is 11.1 Å². The number of nitrogens with zero attached hydrogens (tertiary/aromatic N) is 3. The van der Waals surface area contributed by atoms with Crippen LogP contribution in [0.3, 0.4) is 0 Å². The molecule has 0 aromatic carbocycles. The Bertz CT molecular complexity index is 1070. The fraction of sp³-hybridized carbons (Fsp3) is 0.591. The minimum Gasteiger partial charge on any atom is -0.480 e. The number of carbonyl (C=O) groups excluding carboxylic acids is 2. The highest BCUT2D eigenvalue weighted by Crippen LogP contribution is 2.12. The molecule has 2 heterocycles. The maximum atomic E-state index is 12.6. The van der Waals surface area contributed by atoms with Crippen molar-refractivity contribution in [3.8, 4) is 0 Å². The lowest BCUT2D eigenvalue weighted by atomic mass is 10.2. The summed E-state index contributed by atoms with van der Waals surface area (Å²) in [5.41, 5.74) is -0.124. The van der Waals surface area contributed by atoms with Crippen LogP contribution in [0.5, 0.6) is 0 Å². The van der Waals surface area contributed by atoms with Crippen molar-refractivity contribution in [1.29, 1.82) is 0 Å². The predicted octanol–water partition coefficient (Wildman–Crippen LogP) is 0.289. The highest BCUT2D eigenvalue weighted by Gasteiger charge is 2.18. The molecule has 194 valence electrons. The number of fused-ring (bicyclic) bond motifs is 1. The Labute approximate surface area is 202 Å². The second-order valence-corrected chi connectivity index (χ2v) is 8.90. The SMILES string of the molecule is CNCCN(CC(=O)O)C(=O)Cn1cc2cc(COCCCNC(=O)OC(C)(C)C)[nH]c2nc1=O. The number of aliphatic carboxylic acids is 1. The molecule has 0 bridgehead atoms. The fourth-order valence-corrected chi connectivity index (χ4v) is 3.09. The molecule has 2 aromatic rings. The van der Waals surface area contributed by atoms with Crippen molar-refractivity contribution in [3.63, 3.8) is 0 Å². The molecule has 4 N–H and O–H groups in total. The number of hydrogen-bond donors (Lipinski definition) is 4. The number of carboxylic acids is 1. The molecule has 2 amide bonds. The lowest BCUT2D eigenvalue weighted by molar-refractivity contribution is -0.144. The molecule has 13 nitrogen and oxygen atoms in total. The van der Waals surface area contributed by atoms with E-state index in [9.17, 15) is 19.2 Å². The number of likely N-dealkylation sites (N-methyl/N-ethyl adjacent to an activating group) is 1. The summed E-state index contributed by atoms with van der Waals surface area (Å²) in [4.78, 5) is 55.8. The Morgan fingerprint density at radius 3 is 2.66 bits per heavy atom. The van der Waals surface area contributed by atoms with Crippen molar-refractivity contribution >= 4 is 29.0 Å². The number of ether oxygens (including phenoxy) is 2. The molecule has 13 heteroatoms. The largest absolute Gasteiger partial charge is 0.480 e. The molecule has 0 aliphatic heterocycles. The van der Waals surface area contributed by atoms with Crippen molar-refractivity contribution in [2.24, 2.45) is 0 Å². The molecule has 0 aliphatic carbocycles. The smallest absolute Gasteiger partial charge is 0.407 e. The highest BCUT2D eigenvalue weighted by atomic mass is 16.6. The molecule has 0 aliphatic rings. The van der Waals surface area contributed by atoms with Crippen molar-refractivity contribution < 1.29 is 29.0 Å². The van der Waals surface area contributed by atoms with Crippen LogP contribution in [0, 0.1) is 0 Å². The van der Waals surface area contributed by atoms with Gasteiger partial charge in [-0.15, -0.1) is 0 Å². The highest BCUT2D eigenvalue weighted by molar-refractivity contribution is 5.81. The first kappa shape index (κ1) is 27.8. The van der Waals surface area contributed by atoms with Gasteiger partial charge in [-0.25, -0.2) is 9.59 Å². The third-order valence-corrected chi connectivity index (χ3v) is 4.64. The van der Waals surface area contributed by atoms with Crippen LogP contribution in [0.4, 0.5) is 4.79 Å². The zero-order valence-electron chi connectivity index (χ0n) is 20.5. The van der Waals surface area contributed by atoms with Crippen LogP contribution >= 0.6 is 0 Å². The van der Waals surface area contributed by atoms with Gasteiger partial charge in [0.25, 0.3) is 0 Å². The number of alkyl carbamates (subject to hydrolysis) is 1. The van der Waals surface area contributed by atoms with E-state index in [0.29, 0.717) is 42.8 Å². The Morgan fingerprint density at radius 1 is 1.26 bits per heavy atom. The molecule has 2 aromatic heterocycles. The fourth-order valence-electron chi connectivity index (χ4n) is 3.09. The van der Waals surface area contributed by atoms with Crippen LogP contribution in [0.25, 0.3) is 11.0 Å². The molecular weight excluding hydrogens is 460 g/mol. The third kappa shape index (κ3) is 9.74. The first-order valence-electron chi connectivity index (χ1n) is 11.3. The van der Waals surface area contributed by atoms with E-state index >= 15 is 0 Å². The number of aromatic nitrogens is 3. The minimum absolute atomic E-state index is 0.199. The van der Waals surface area contributed by atoms with Crippen LogP contribution in [-0.2, 0) is 32.2 Å². The van der Waals surface area contributed by atoms with E-state index in [-0.39, 0.29) is 19.7 Å². The summed E-state index contributed by atoms with van der Waals surface area (Å²) in [6, 6.07) is 1.76. The van der Waals surface area contributed by atoms with Crippen LogP contribution in [-0.4, -0.2) is 87.9 Å². The summed E-state index contributed by atoms with van der Waals surface area (Å²) in [5.74, 6) is -1.63. The number of carboxylic acid groups (broad SMARTS) is 1. The van der Waals surface area contributed by atoms with Crippen LogP contribution in [0.15, 0.2) is 17.1 Å². The topological polar surface area (TPSA) is 168 Å². The second-order valence-electron chi connectivity index (χ2n) is 8.90. The lowest BCUT2D eigenvalue weighted by Crippen LogP contribution is -2.42. The molecule has 0 saturated carbocycles. The third-order valence-electron chi connectivity index (χ3n) is 4.64. The first-order valence-corrected chi connectivity index (χ1v) is 11.3. The van der Waals surface area contributed by atoms with Crippen LogP contribution in [0.2, 0.25) is 0 Å². The summed E-state index contributed by atoms with van der Waals surface area (Å²) in [6.07, 6.45) is 1.61. The van der Waals surface area contributed by atoms with E-state index in [2.05, 4.69) is 20.6 Å². The average molecular weight is 495 g/mol. The number of H-pyrrole nitrogens is 1. The van der Waals surface area contributed by atoms with E-state index in [0.717, 1.165) is 4.57 Å². The maximum Gasteiger partial charge on any atom is 0.407 e. The molecule has 35 heavy (non-hydrogen) atoms. The number of carbonyl (C=O) groups is 3. The molecule has 2 rings (SSSR count). The van der Waals surface area contributed by atoms with Gasteiger partial charge in [0.05, 0.1) is 6.61 Å². The van der Waals surface area contributed by atoms with Crippen molar-refractivity contribution in [2.45, 2.75) is 45.9 Å². The van der Waals surface area contributed by atoms with Gasteiger partial charge >= 0.3 is 17.8 Å². The van der Waals surface area contributed by atoms with E-state index in [1.807, 2.05) is 0 Å². The number of aromatic amines is 1. The van der Waals surface area contributed by atoms with E-state index in [4.69, 9.17) is 14.6 Å². The summed E-state index contributed by atoms with van der Waals surface area (Å²) < 4.78 is 11.9. The molecule has 0 spiro atoms. The van der Waals surface area contributed by atoms with Crippen molar-refractivity contribution in [3.05, 3.63) is 28.4 Å². The van der Waals surface area contributed by atoms with E-state index in [1.54, 1.807) is 33.9 Å². The minimum atomic E-state index is -1.13. The Hall–Kier alpha value is -3.45. The van der Waals surface area contributed by atoms with Gasteiger partial charge in [0.15, 0.2) is 0 Å². The van der Waals surface area contributed by atoms with Crippen molar-refractivity contribution in [2.75, 3.05) is 39.8 Å². The van der Waals surface area contributed by atoms with Crippen molar-refractivity contribution in [1.82, 2.24) is 30.1 Å². The first-order chi connectivity index (χ1) is 16.5. The van der Waals surface area contributed by atoms with Gasteiger partial charge in [-0.1, -0.05) is 0 Å². The molecule has 0 fully saturated rings. The summed E-state index contributed by atoms with van der Waals surface area (Å²) >= 11 is 0. The zero-order valence-corrected chi connectivity index (χ0v) is 20.5. The Kier molecular flexibility index (Phi) is 10.2. The number of hydrogen-bond acceptors (Lipinski definition) is 8. The average Bonchev–Trinajstić information content (AvgIpc) is 3.13. The lowest BCUT2D eigenvalue weighted by Gasteiger charge is -2.20. The molecular formula is C22H34N6O7. The van der Waals surface area contributed by atoms with E-state index < -0.39 is 35.8 Å². The molecule has 0 saturated heterocycles. The quantitative estimate of drug-likeness (QED) is 0.286. The number of amides is 2.